The Balaban J connectivity index is 3.89. The fourth-order valence-corrected chi connectivity index (χ4v) is 44.5. The molecule has 1 heterocycles. The van der Waals surface area contributed by atoms with Gasteiger partial charge in [0.1, 0.15) is 0 Å². The van der Waals surface area contributed by atoms with Gasteiger partial charge in [-0.2, -0.15) is 127 Å². The van der Waals surface area contributed by atoms with Gasteiger partial charge in [-0.05, 0) is 97.6 Å². The minimum atomic E-state index is -9.32. The van der Waals surface area contributed by atoms with Crippen LogP contribution in [0.2, 0.25) is 91.2 Å². The molecule has 0 radical (unpaired) electrons. The van der Waals surface area contributed by atoms with E-state index in [0.29, 0.717) is 0 Å². The summed E-state index contributed by atoms with van der Waals surface area (Å²) < 4.78 is 457. The maximum absolute atomic E-state index is 15.5. The molecule has 0 bridgehead atoms. The van der Waals surface area contributed by atoms with Crippen LogP contribution in [0, 0.1) is 0 Å². The fourth-order valence-electron chi connectivity index (χ4n) is 7.09. The van der Waals surface area contributed by atoms with Crippen LogP contribution in [0.4, 0.5) is 127 Å². The zero-order valence-electron chi connectivity index (χ0n) is 42.4. The molecule has 1 fully saturated rings. The fraction of sp³-hybridized carbons (Fsp3) is 0.968. The van der Waals surface area contributed by atoms with E-state index in [0.717, 1.165) is 9.47 Å². The van der Waals surface area contributed by atoms with Gasteiger partial charge in [-0.1, -0.05) is 0 Å². The Bertz CT molecular complexity index is 2120. The third kappa shape index (κ3) is 17.1. The number of ether oxygens (including phenoxy) is 5. The topological polar surface area (TPSA) is 128 Å². The van der Waals surface area contributed by atoms with E-state index in [1.54, 1.807) is 52.4 Å². The highest BCUT2D eigenvalue weighted by Crippen LogP contribution is 2.61. The summed E-state index contributed by atoms with van der Waals surface area (Å²) in [6.45, 7) is 17.9. The number of alkyl halides is 29. The van der Waals surface area contributed by atoms with Gasteiger partial charge in [0.2, 0.25) is 0 Å². The number of carbonyl (C=O) groups excluding carboxylic acids is 1. The van der Waals surface area contributed by atoms with Crippen molar-refractivity contribution in [3.63, 3.8) is 0 Å². The van der Waals surface area contributed by atoms with Crippen molar-refractivity contribution < 1.29 is 185 Å². The van der Waals surface area contributed by atoms with Gasteiger partial charge < -0.3 is 33.5 Å². The van der Waals surface area contributed by atoms with Crippen molar-refractivity contribution in [3.05, 3.63) is 0 Å². The minimum absolute atomic E-state index is 0.700. The van der Waals surface area contributed by atoms with E-state index < -0.39 is 170 Å². The average Bonchev–Trinajstić information content (AvgIpc) is 3.09. The summed E-state index contributed by atoms with van der Waals surface area (Å²) in [5.74, 6) is -47.5. The van der Waals surface area contributed by atoms with Crippen LogP contribution in [0.1, 0.15) is 6.42 Å². The van der Waals surface area contributed by atoms with Crippen molar-refractivity contribution in [1.82, 2.24) is 0 Å². The first-order valence-corrected chi connectivity index (χ1v) is 40.4. The molecule has 0 aromatic carbocycles. The van der Waals surface area contributed by atoms with E-state index >= 15 is 22.0 Å². The predicted octanol–water partition coefficient (Wildman–Crippen LogP) is 13.9. The molecule has 478 valence electrons. The van der Waals surface area contributed by atoms with Crippen molar-refractivity contribution in [2.45, 2.75) is 182 Å². The zero-order valence-corrected chi connectivity index (χ0v) is 49.4. The Hall–Kier alpha value is -1.48. The molecule has 0 N–H and O–H groups in total. The van der Waals surface area contributed by atoms with E-state index in [1.165, 1.54) is 37.5 Å². The summed E-state index contributed by atoms with van der Waals surface area (Å²) in [6.07, 6.45) is -79.2. The Morgan fingerprint density at radius 1 is 0.325 bits per heavy atom. The largest absolute Gasteiger partial charge is 0.462 e. The lowest BCUT2D eigenvalue weighted by Crippen LogP contribution is -2.72. The predicted molar refractivity (Wildman–Crippen MR) is 219 cm³/mol. The molecule has 1 saturated heterocycles. The second-order valence-electron chi connectivity index (χ2n) is 19.4. The number of hydrogen-bond donors (Lipinski definition) is 0. The molecule has 80 heavy (non-hydrogen) atoms. The first-order chi connectivity index (χ1) is 34.2. The lowest BCUT2D eigenvalue weighted by molar-refractivity contribution is -0.592. The lowest BCUT2D eigenvalue weighted by Gasteiger charge is -2.47. The van der Waals surface area contributed by atoms with Gasteiger partial charge in [-0.25, -0.2) is 4.79 Å². The van der Waals surface area contributed by atoms with Crippen LogP contribution in [0.5, 0.6) is 0 Å². The summed E-state index contributed by atoms with van der Waals surface area (Å²) in [5, 5.41) is 0. The Kier molecular flexibility index (Phi) is 21.4. The molecule has 1 aliphatic heterocycles. The van der Waals surface area contributed by atoms with Gasteiger partial charge in [0.25, 0.3) is 0 Å². The van der Waals surface area contributed by atoms with Crippen LogP contribution in [0.3, 0.4) is 0 Å². The first-order valence-electron chi connectivity index (χ1n) is 21.0. The second-order valence-corrected chi connectivity index (χ2v) is 44.7. The Morgan fingerprint density at radius 2 is 0.562 bits per heavy atom. The van der Waals surface area contributed by atoms with E-state index in [1.807, 2.05) is 4.74 Å². The molecule has 1 rings (SSSR count). The van der Waals surface area contributed by atoms with Gasteiger partial charge in [-0.15, -0.1) is 0 Å². The van der Waals surface area contributed by atoms with Crippen LogP contribution < -0.4 is 0 Å². The van der Waals surface area contributed by atoms with Crippen molar-refractivity contribution >= 4 is 65.9 Å². The van der Waals surface area contributed by atoms with Crippen molar-refractivity contribution in [2.24, 2.45) is 0 Å². The monoisotopic (exact) mass is 1370 g/mol. The second kappa shape index (κ2) is 22.3. The highest BCUT2D eigenvalue weighted by Gasteiger charge is 2.90. The van der Waals surface area contributed by atoms with Crippen molar-refractivity contribution in [1.29, 1.82) is 0 Å². The standard InChI is InChI=1S/C31H45F29O13Si7/c1-74(2)67-75(3,4)69-77(7,8)71-79(11,12)73-80(13,72-78(9,10)70-76(5,6)68-74)16-14-15-62-17(61)18(32,23(38,39)40)63-29(55,56)20(35,25(44,45)46)65-31(59,60)22(37,27(50,51)52)66-30(57,58)21(36,26(47,48)49)64-28(53,54)19(33,34)24(41,42)43/h14-16H2,1-13H3. The number of halogens is 29. The number of hydrogen-bond acceptors (Lipinski definition) is 13. The van der Waals surface area contributed by atoms with E-state index in [9.17, 15) is 110 Å². The highest BCUT2D eigenvalue weighted by molar-refractivity contribution is 6.93. The third-order valence-electron chi connectivity index (χ3n) is 9.03. The Morgan fingerprint density at radius 3 is 0.800 bits per heavy atom. The zero-order chi connectivity index (χ0) is 64.7. The molecule has 13 nitrogen and oxygen atoms in total. The van der Waals surface area contributed by atoms with E-state index in [-0.39, 0.29) is 0 Å². The molecular formula is C31H45F29O13Si7. The Labute approximate surface area is 438 Å². The van der Waals surface area contributed by atoms with Gasteiger partial charge in [0, 0.05) is 0 Å². The molecule has 4 atom stereocenters. The molecular weight excluding hydrogens is 1330 g/mol. The first kappa shape index (κ1) is 76.5. The molecule has 49 heteroatoms. The van der Waals surface area contributed by atoms with E-state index in [4.69, 9.17) is 28.8 Å². The van der Waals surface area contributed by atoms with Crippen LogP contribution in [0.15, 0.2) is 0 Å². The van der Waals surface area contributed by atoms with Crippen molar-refractivity contribution in [2.75, 3.05) is 6.61 Å². The SMILES string of the molecule is C[Si]1(C)O[Si](C)(C)O[Si](C)(C)O[Si](C)(C)O[Si](C)(CCCOC(=O)C(F)(OC(F)(F)C(F)(OC(F)(F)C(F)(OC(F)(F)C(F)(OC(F)(F)C(F)(F)C(F)(F)F)C(F)(F)F)C(F)(F)F)C(F)(F)F)C(F)(F)F)O[Si](C)(C)O[Si](C)(C)O1. The van der Waals surface area contributed by atoms with Gasteiger partial charge in [0.15, 0.2) is 0 Å². The average molecular weight is 1370 g/mol. The smallest absolute Gasteiger partial charge is 0.461 e. The molecule has 4 unspecified atom stereocenters. The molecule has 0 aromatic heterocycles. The number of rotatable bonds is 17. The van der Waals surface area contributed by atoms with Gasteiger partial charge >= 0.3 is 151 Å². The molecule has 0 aromatic rings. The van der Waals surface area contributed by atoms with Crippen LogP contribution in [-0.2, 0) is 57.3 Å². The minimum Gasteiger partial charge on any atom is -0.461 e. The highest BCUT2D eigenvalue weighted by atomic mass is 28.5. The maximum Gasteiger partial charge on any atom is 0.462 e. The molecule has 0 amide bonds. The van der Waals surface area contributed by atoms with Crippen LogP contribution >= 0.6 is 0 Å². The summed E-state index contributed by atoms with van der Waals surface area (Å²) in [4.78, 5) is 12.5. The quantitative estimate of drug-likeness (QED) is 0.0594. The summed E-state index contributed by atoms with van der Waals surface area (Å²) in [7, 11) is -24.4. The molecule has 1 aliphatic rings. The summed E-state index contributed by atoms with van der Waals surface area (Å²) in [6, 6.07) is -0.700. The van der Waals surface area contributed by atoms with Crippen LogP contribution in [-0.4, -0.2) is 157 Å². The molecule has 0 saturated carbocycles. The van der Waals surface area contributed by atoms with E-state index in [2.05, 4.69) is 4.74 Å². The summed E-state index contributed by atoms with van der Waals surface area (Å²) >= 11 is 0. The maximum atomic E-state index is 15.5. The normalized spacial score (nSPS) is 24.3. The third-order valence-corrected chi connectivity index (χ3v) is 37.3. The van der Waals surface area contributed by atoms with Crippen LogP contribution in [0.25, 0.3) is 0 Å². The number of esters is 1. The molecule has 0 spiro atoms. The van der Waals surface area contributed by atoms with Gasteiger partial charge in [0.05, 0.1) is 6.61 Å². The van der Waals surface area contributed by atoms with Crippen molar-refractivity contribution in [3.8, 4) is 0 Å². The van der Waals surface area contributed by atoms with Gasteiger partial charge in [-0.3, -0.25) is 18.9 Å². The number of carbonyl (C=O) groups is 1. The molecule has 0 aliphatic carbocycles. The summed E-state index contributed by atoms with van der Waals surface area (Å²) in [5.41, 5.74) is 0. The lowest BCUT2D eigenvalue weighted by atomic mass is 10.2.